The van der Waals surface area contributed by atoms with E-state index in [9.17, 15) is 17.2 Å². The van der Waals surface area contributed by atoms with Crippen LogP contribution in [0.4, 0.5) is 14.6 Å². The van der Waals surface area contributed by atoms with Crippen molar-refractivity contribution in [2.45, 2.75) is 17.7 Å². The van der Waals surface area contributed by atoms with Gasteiger partial charge >= 0.3 is 0 Å². The quantitative estimate of drug-likeness (QED) is 0.271. The first kappa shape index (κ1) is 24.1. The molecular formula is C22H21BClF2N5O2S. The van der Waals surface area contributed by atoms with E-state index in [2.05, 4.69) is 15.1 Å². The molecule has 2 N–H and O–H groups in total. The molecule has 0 unspecified atom stereocenters. The van der Waals surface area contributed by atoms with E-state index in [-0.39, 0.29) is 6.54 Å². The van der Waals surface area contributed by atoms with E-state index in [0.717, 1.165) is 29.2 Å². The largest absolute Gasteiger partial charge is 0.370 e. The summed E-state index contributed by atoms with van der Waals surface area (Å²) in [7, 11) is -2.37. The molecule has 2 aromatic heterocycles. The molecule has 176 valence electrons. The third-order valence-corrected chi connectivity index (χ3v) is 7.03. The van der Waals surface area contributed by atoms with Crippen LogP contribution in [-0.4, -0.2) is 44.0 Å². The lowest BCUT2D eigenvalue weighted by atomic mass is 10.0. The van der Waals surface area contributed by atoms with Gasteiger partial charge in [-0.05, 0) is 36.5 Å². The molecule has 7 nitrogen and oxygen atoms in total. The smallest absolute Gasteiger partial charge is 0.246 e. The number of fused-ring (bicyclic) bond motifs is 1. The zero-order valence-electron chi connectivity index (χ0n) is 18.2. The summed E-state index contributed by atoms with van der Waals surface area (Å²) in [4.78, 5) is 3.73. The minimum absolute atomic E-state index is 0.0370. The molecule has 34 heavy (non-hydrogen) atoms. The lowest BCUT2D eigenvalue weighted by Crippen LogP contribution is -2.27. The van der Waals surface area contributed by atoms with Crippen LogP contribution in [0.5, 0.6) is 0 Å². The maximum Gasteiger partial charge on any atom is 0.246 e. The Morgan fingerprint density at radius 2 is 1.74 bits per heavy atom. The molecule has 0 saturated carbocycles. The molecule has 0 radical (unpaired) electrons. The molecule has 2 heterocycles. The maximum absolute atomic E-state index is 13.8. The van der Waals surface area contributed by atoms with E-state index >= 15 is 0 Å². The van der Waals surface area contributed by atoms with Gasteiger partial charge in [0.25, 0.3) is 0 Å². The summed E-state index contributed by atoms with van der Waals surface area (Å²) < 4.78 is 56.0. The van der Waals surface area contributed by atoms with Gasteiger partial charge in [0.05, 0.1) is 5.69 Å². The van der Waals surface area contributed by atoms with Crippen molar-refractivity contribution in [3.05, 3.63) is 71.4 Å². The number of sulfonamides is 1. The van der Waals surface area contributed by atoms with Gasteiger partial charge in [0.1, 0.15) is 25.3 Å². The fourth-order valence-corrected chi connectivity index (χ4v) is 4.93. The van der Waals surface area contributed by atoms with E-state index in [1.54, 1.807) is 16.8 Å². The molecule has 4 aromatic rings. The molecule has 2 aromatic carbocycles. The fraction of sp³-hybridized carbons (Fsp3) is 0.182. The van der Waals surface area contributed by atoms with Gasteiger partial charge in [-0.3, -0.25) is 0 Å². The summed E-state index contributed by atoms with van der Waals surface area (Å²) >= 11 is 6.35. The Balaban J connectivity index is 1.40. The highest BCUT2D eigenvalue weighted by molar-refractivity contribution is 7.89. The first-order valence-electron chi connectivity index (χ1n) is 10.6. The van der Waals surface area contributed by atoms with Crippen molar-refractivity contribution >= 4 is 46.4 Å². The van der Waals surface area contributed by atoms with Crippen molar-refractivity contribution in [1.82, 2.24) is 19.3 Å². The zero-order chi connectivity index (χ0) is 24.3. The van der Waals surface area contributed by atoms with Crippen molar-refractivity contribution in [2.75, 3.05) is 18.4 Å². The average Bonchev–Trinajstić information content (AvgIpc) is 3.17. The molecule has 0 atom stereocenters. The average molecular weight is 504 g/mol. The molecule has 0 amide bonds. The number of benzene rings is 2. The minimum Gasteiger partial charge on any atom is -0.370 e. The molecule has 0 aliphatic carbocycles. The van der Waals surface area contributed by atoms with E-state index < -0.39 is 26.6 Å². The molecule has 12 heteroatoms. The number of nitrogens with zero attached hydrogens (tertiary/aromatic N) is 3. The summed E-state index contributed by atoms with van der Waals surface area (Å²) in [5.41, 5.74) is 3.10. The Bertz CT molecular complexity index is 1430. The van der Waals surface area contributed by atoms with Crippen LogP contribution in [0.25, 0.3) is 16.9 Å². The second-order valence-corrected chi connectivity index (χ2v) is 9.76. The number of nitrogens with one attached hydrogen (secondary N) is 2. The van der Waals surface area contributed by atoms with E-state index in [0.29, 0.717) is 41.6 Å². The van der Waals surface area contributed by atoms with Crippen LogP contribution in [0.15, 0.2) is 59.6 Å². The lowest BCUT2D eigenvalue weighted by Gasteiger charge is -2.12. The highest BCUT2D eigenvalue weighted by Crippen LogP contribution is 2.28. The van der Waals surface area contributed by atoms with Crippen LogP contribution in [0.2, 0.25) is 5.02 Å². The minimum atomic E-state index is -4.28. The summed E-state index contributed by atoms with van der Waals surface area (Å²) in [5.74, 6) is -1.54. The Kier molecular flexibility index (Phi) is 7.15. The van der Waals surface area contributed by atoms with Gasteiger partial charge in [-0.1, -0.05) is 35.9 Å². The van der Waals surface area contributed by atoms with Crippen LogP contribution < -0.4 is 15.5 Å². The van der Waals surface area contributed by atoms with Crippen molar-refractivity contribution in [2.24, 2.45) is 0 Å². The molecular weight excluding hydrogens is 483 g/mol. The normalized spacial score (nSPS) is 11.7. The van der Waals surface area contributed by atoms with E-state index in [1.165, 1.54) is 0 Å². The van der Waals surface area contributed by atoms with Gasteiger partial charge in [0, 0.05) is 35.9 Å². The van der Waals surface area contributed by atoms with Crippen molar-refractivity contribution < 1.29 is 17.2 Å². The van der Waals surface area contributed by atoms with Crippen LogP contribution in [0.3, 0.4) is 0 Å². The number of aromatic nitrogens is 3. The van der Waals surface area contributed by atoms with E-state index in [4.69, 9.17) is 16.6 Å². The predicted octanol–water partition coefficient (Wildman–Crippen LogP) is 2.76. The Labute approximate surface area is 201 Å². The molecule has 0 aliphatic heterocycles. The first-order chi connectivity index (χ1) is 16.3. The Morgan fingerprint density at radius 3 is 2.47 bits per heavy atom. The molecule has 0 fully saturated rings. The molecule has 0 saturated heterocycles. The van der Waals surface area contributed by atoms with E-state index in [1.807, 2.05) is 32.1 Å². The molecule has 0 aliphatic rings. The number of anilines is 1. The maximum atomic E-state index is 13.8. The fourth-order valence-electron chi connectivity index (χ4n) is 3.49. The second kappa shape index (κ2) is 10.1. The van der Waals surface area contributed by atoms with Gasteiger partial charge in [-0.25, -0.2) is 26.9 Å². The Hall–Kier alpha value is -3.02. The van der Waals surface area contributed by atoms with Gasteiger partial charge < -0.3 is 5.32 Å². The van der Waals surface area contributed by atoms with Gasteiger partial charge in [-0.15, -0.1) is 0 Å². The zero-order valence-corrected chi connectivity index (χ0v) is 19.8. The summed E-state index contributed by atoms with van der Waals surface area (Å²) in [6.45, 7) is 0.547. The van der Waals surface area contributed by atoms with Gasteiger partial charge in [0.2, 0.25) is 10.0 Å². The predicted molar refractivity (Wildman–Crippen MR) is 131 cm³/mol. The van der Waals surface area contributed by atoms with Gasteiger partial charge in [-0.2, -0.15) is 9.61 Å². The highest BCUT2D eigenvalue weighted by atomic mass is 35.5. The second-order valence-electron chi connectivity index (χ2n) is 7.65. The van der Waals surface area contributed by atoms with Crippen molar-refractivity contribution in [3.8, 4) is 11.3 Å². The monoisotopic (exact) mass is 503 g/mol. The molecule has 4 rings (SSSR count). The third kappa shape index (κ3) is 5.06. The molecule has 0 spiro atoms. The highest BCUT2D eigenvalue weighted by Gasteiger charge is 2.23. The Morgan fingerprint density at radius 1 is 1.03 bits per heavy atom. The summed E-state index contributed by atoms with van der Waals surface area (Å²) in [5, 5.41) is 8.25. The number of hydrogen-bond acceptors (Lipinski definition) is 5. The van der Waals surface area contributed by atoms with Crippen molar-refractivity contribution in [1.29, 1.82) is 0 Å². The van der Waals surface area contributed by atoms with Gasteiger partial charge in [0.15, 0.2) is 10.5 Å². The number of unbranched alkanes of at least 4 members (excludes halogenated alkanes) is 1. The van der Waals surface area contributed by atoms with Crippen molar-refractivity contribution in [3.63, 3.8) is 0 Å². The van der Waals surface area contributed by atoms with Crippen LogP contribution in [0, 0.1) is 11.6 Å². The van der Waals surface area contributed by atoms with Crippen LogP contribution >= 0.6 is 11.6 Å². The topological polar surface area (TPSA) is 88.4 Å². The van der Waals surface area contributed by atoms with Crippen LogP contribution in [0.1, 0.15) is 12.8 Å². The lowest BCUT2D eigenvalue weighted by molar-refractivity contribution is 0.513. The number of halogens is 3. The third-order valence-electron chi connectivity index (χ3n) is 5.19. The first-order valence-corrected chi connectivity index (χ1v) is 12.4. The summed E-state index contributed by atoms with van der Waals surface area (Å²) in [6.07, 6.45) is 2.76. The SMILES string of the molecule is Bc1cnn2c(NCCCCNS(=O)(=O)c3c(F)cccc3F)cc(-c3ccccc3Cl)nc12. The van der Waals surface area contributed by atoms with Crippen LogP contribution in [-0.2, 0) is 10.0 Å². The molecule has 0 bridgehead atoms. The number of hydrogen-bond donors (Lipinski definition) is 2. The standard InChI is InChI=1S/C22H21BClF2N5O2S/c23-15-13-28-31-20(12-19(30-22(15)31)14-6-1-2-7-16(14)24)27-10-3-4-11-29-34(32,33)21-17(25)8-5-9-18(21)26/h1-2,5-9,12-13,27,29H,3-4,10-11,23H2. The summed E-state index contributed by atoms with van der Waals surface area (Å²) in [6, 6.07) is 12.2. The number of rotatable bonds is 9.